The van der Waals surface area contributed by atoms with Gasteiger partial charge in [0.15, 0.2) is 0 Å². The van der Waals surface area contributed by atoms with Gasteiger partial charge in [0.1, 0.15) is 17.1 Å². The van der Waals surface area contributed by atoms with Crippen LogP contribution in [0.4, 0.5) is 0 Å². The third-order valence-corrected chi connectivity index (χ3v) is 2.65. The van der Waals surface area contributed by atoms with Gasteiger partial charge in [-0.2, -0.15) is 0 Å². The highest BCUT2D eigenvalue weighted by Crippen LogP contribution is 2.26. The first-order chi connectivity index (χ1) is 8.72. The summed E-state index contributed by atoms with van der Waals surface area (Å²) in [6.45, 7) is 1.91. The second-order valence-corrected chi connectivity index (χ2v) is 4.13. The fourth-order valence-corrected chi connectivity index (χ4v) is 1.91. The van der Waals surface area contributed by atoms with Gasteiger partial charge in [-0.3, -0.25) is 4.40 Å². The van der Waals surface area contributed by atoms with Gasteiger partial charge >= 0.3 is 0 Å². The number of phenolic OH excluding ortho intramolecular Hbond substituents is 1. The zero-order valence-corrected chi connectivity index (χ0v) is 9.87. The van der Waals surface area contributed by atoms with Gasteiger partial charge in [-0.15, -0.1) is 0 Å². The summed E-state index contributed by atoms with van der Waals surface area (Å²) in [5.41, 5.74) is 1.77. The predicted molar refractivity (Wildman–Crippen MR) is 68.1 cm³/mol. The van der Waals surface area contributed by atoms with Gasteiger partial charge < -0.3 is 9.84 Å². The van der Waals surface area contributed by atoms with Crippen molar-refractivity contribution >= 4 is 5.65 Å². The van der Waals surface area contributed by atoms with Crippen molar-refractivity contribution in [3.63, 3.8) is 0 Å². The highest BCUT2D eigenvalue weighted by atomic mass is 16.5. The molecule has 0 atom stereocenters. The average molecular weight is 240 g/mol. The maximum atomic E-state index is 9.55. The highest BCUT2D eigenvalue weighted by Gasteiger charge is 2.04. The molecule has 2 aromatic heterocycles. The number of hydrogen-bond donors (Lipinski definition) is 1. The van der Waals surface area contributed by atoms with Gasteiger partial charge in [-0.1, -0.05) is 6.07 Å². The summed E-state index contributed by atoms with van der Waals surface area (Å²) in [6, 6.07) is 10.8. The third kappa shape index (κ3) is 1.88. The van der Waals surface area contributed by atoms with E-state index >= 15 is 0 Å². The molecule has 0 aliphatic carbocycles. The van der Waals surface area contributed by atoms with E-state index in [9.17, 15) is 5.11 Å². The number of aromatic nitrogens is 2. The summed E-state index contributed by atoms with van der Waals surface area (Å²) < 4.78 is 7.62. The Balaban J connectivity index is 2.03. The normalized spacial score (nSPS) is 10.7. The van der Waals surface area contributed by atoms with Gasteiger partial charge in [-0.05, 0) is 36.8 Å². The number of nitrogens with zero attached hydrogens (tertiary/aromatic N) is 2. The molecular formula is C14H12N2O2. The van der Waals surface area contributed by atoms with Crippen molar-refractivity contribution < 1.29 is 9.84 Å². The van der Waals surface area contributed by atoms with Crippen LogP contribution in [0, 0.1) is 6.92 Å². The Morgan fingerprint density at radius 3 is 2.94 bits per heavy atom. The number of pyridine rings is 1. The molecule has 0 unspecified atom stereocenters. The number of imidazole rings is 1. The smallest absolute Gasteiger partial charge is 0.205 e. The molecule has 4 nitrogen and oxygen atoms in total. The van der Waals surface area contributed by atoms with Crippen molar-refractivity contribution in [2.45, 2.75) is 6.92 Å². The van der Waals surface area contributed by atoms with E-state index < -0.39 is 0 Å². The van der Waals surface area contributed by atoms with E-state index in [1.807, 2.05) is 41.8 Å². The van der Waals surface area contributed by atoms with Gasteiger partial charge in [0, 0.05) is 18.5 Å². The third-order valence-electron chi connectivity index (χ3n) is 2.65. The molecule has 3 rings (SSSR count). The molecule has 0 saturated carbocycles. The van der Waals surface area contributed by atoms with Crippen LogP contribution in [-0.2, 0) is 0 Å². The van der Waals surface area contributed by atoms with Crippen LogP contribution in [0.1, 0.15) is 5.56 Å². The second kappa shape index (κ2) is 4.07. The van der Waals surface area contributed by atoms with Crippen LogP contribution < -0.4 is 4.74 Å². The molecule has 0 radical (unpaired) electrons. The molecule has 18 heavy (non-hydrogen) atoms. The molecule has 0 fully saturated rings. The van der Waals surface area contributed by atoms with E-state index in [0.717, 1.165) is 11.2 Å². The van der Waals surface area contributed by atoms with Crippen molar-refractivity contribution in [2.75, 3.05) is 0 Å². The minimum atomic E-state index is 0.197. The molecule has 0 amide bonds. The van der Waals surface area contributed by atoms with Gasteiger partial charge in [0.25, 0.3) is 0 Å². The fraction of sp³-hybridized carbons (Fsp3) is 0.0714. The number of phenols is 1. The second-order valence-electron chi connectivity index (χ2n) is 4.13. The largest absolute Gasteiger partial charge is 0.508 e. The molecular weight excluding hydrogens is 228 g/mol. The molecule has 4 heteroatoms. The monoisotopic (exact) mass is 240 g/mol. The van der Waals surface area contributed by atoms with Crippen LogP contribution in [0.15, 0.2) is 48.8 Å². The molecule has 2 heterocycles. The summed E-state index contributed by atoms with van der Waals surface area (Å²) in [5.74, 6) is 1.46. The van der Waals surface area contributed by atoms with Crippen LogP contribution in [0.5, 0.6) is 17.4 Å². The average Bonchev–Trinajstić information content (AvgIpc) is 2.76. The van der Waals surface area contributed by atoms with E-state index in [1.54, 1.807) is 18.3 Å². The highest BCUT2D eigenvalue weighted by molar-refractivity contribution is 5.44. The van der Waals surface area contributed by atoms with E-state index in [1.165, 1.54) is 0 Å². The van der Waals surface area contributed by atoms with Gasteiger partial charge in [0.2, 0.25) is 5.88 Å². The minimum Gasteiger partial charge on any atom is -0.508 e. The number of fused-ring (bicyclic) bond motifs is 1. The van der Waals surface area contributed by atoms with Crippen molar-refractivity contribution in [2.24, 2.45) is 0 Å². The van der Waals surface area contributed by atoms with E-state index in [0.29, 0.717) is 11.6 Å². The van der Waals surface area contributed by atoms with E-state index in [4.69, 9.17) is 4.74 Å². The van der Waals surface area contributed by atoms with Gasteiger partial charge in [-0.25, -0.2) is 4.98 Å². The summed E-state index contributed by atoms with van der Waals surface area (Å²) in [7, 11) is 0. The van der Waals surface area contributed by atoms with Gasteiger partial charge in [0.05, 0.1) is 0 Å². The zero-order valence-electron chi connectivity index (χ0n) is 9.87. The van der Waals surface area contributed by atoms with Crippen LogP contribution in [-0.4, -0.2) is 14.5 Å². The Labute approximate surface area is 104 Å². The van der Waals surface area contributed by atoms with Crippen LogP contribution in [0.3, 0.4) is 0 Å². The molecule has 1 N–H and O–H groups in total. The fourth-order valence-electron chi connectivity index (χ4n) is 1.91. The van der Waals surface area contributed by atoms with Crippen molar-refractivity contribution in [1.82, 2.24) is 9.38 Å². The Bertz CT molecular complexity index is 684. The number of ether oxygens (including phenoxy) is 1. The van der Waals surface area contributed by atoms with Crippen molar-refractivity contribution in [3.8, 4) is 17.4 Å². The SMILES string of the molecule is Cc1cc(O)cc(Oc2cccc3nccn23)c1. The summed E-state index contributed by atoms with van der Waals surface area (Å²) in [5, 5.41) is 9.55. The Morgan fingerprint density at radius 2 is 2.11 bits per heavy atom. The number of aromatic hydroxyl groups is 1. The van der Waals surface area contributed by atoms with Crippen molar-refractivity contribution in [3.05, 3.63) is 54.4 Å². The number of hydrogen-bond acceptors (Lipinski definition) is 3. The lowest BCUT2D eigenvalue weighted by molar-refractivity contribution is 0.441. The number of aryl methyl sites for hydroxylation is 1. The minimum absolute atomic E-state index is 0.197. The number of rotatable bonds is 2. The lowest BCUT2D eigenvalue weighted by Gasteiger charge is -2.09. The van der Waals surface area contributed by atoms with Crippen LogP contribution >= 0.6 is 0 Å². The van der Waals surface area contributed by atoms with E-state index in [2.05, 4.69) is 4.98 Å². The number of benzene rings is 1. The van der Waals surface area contributed by atoms with Crippen LogP contribution in [0.2, 0.25) is 0 Å². The molecule has 0 aliphatic heterocycles. The Kier molecular flexibility index (Phi) is 2.41. The summed E-state index contributed by atoms with van der Waals surface area (Å²) in [6.07, 6.45) is 3.55. The Morgan fingerprint density at radius 1 is 1.22 bits per heavy atom. The lowest BCUT2D eigenvalue weighted by atomic mass is 10.2. The molecule has 0 saturated heterocycles. The first-order valence-corrected chi connectivity index (χ1v) is 5.63. The van der Waals surface area contributed by atoms with Crippen molar-refractivity contribution in [1.29, 1.82) is 0 Å². The summed E-state index contributed by atoms with van der Waals surface area (Å²) >= 11 is 0. The first-order valence-electron chi connectivity index (χ1n) is 5.63. The van der Waals surface area contributed by atoms with Crippen LogP contribution in [0.25, 0.3) is 5.65 Å². The predicted octanol–water partition coefficient (Wildman–Crippen LogP) is 3.14. The standard InChI is InChI=1S/C14H12N2O2/c1-10-7-11(17)9-12(8-10)18-14-4-2-3-13-15-5-6-16(13)14/h2-9,17H,1H3. The maximum absolute atomic E-state index is 9.55. The molecule has 0 spiro atoms. The lowest BCUT2D eigenvalue weighted by Crippen LogP contribution is -1.92. The molecule has 1 aromatic carbocycles. The molecule has 0 aliphatic rings. The van der Waals surface area contributed by atoms with E-state index in [-0.39, 0.29) is 5.75 Å². The molecule has 0 bridgehead atoms. The molecule has 3 aromatic rings. The maximum Gasteiger partial charge on any atom is 0.205 e. The summed E-state index contributed by atoms with van der Waals surface area (Å²) in [4.78, 5) is 4.19. The quantitative estimate of drug-likeness (QED) is 0.748. The molecule has 90 valence electrons. The first kappa shape index (κ1) is 10.7. The topological polar surface area (TPSA) is 46.8 Å². The zero-order chi connectivity index (χ0) is 12.5. The Hall–Kier alpha value is -2.49.